The van der Waals surface area contributed by atoms with Crippen LogP contribution in [0.2, 0.25) is 0 Å². The second-order valence-electron chi connectivity index (χ2n) is 7.28. The lowest BCUT2D eigenvalue weighted by molar-refractivity contribution is 0.103. The molecule has 2 heterocycles. The van der Waals surface area contributed by atoms with Gasteiger partial charge in [0.1, 0.15) is 0 Å². The number of hydrogen-bond acceptors (Lipinski definition) is 3. The summed E-state index contributed by atoms with van der Waals surface area (Å²) in [6, 6.07) is 6.92. The van der Waals surface area contributed by atoms with E-state index in [9.17, 15) is 4.79 Å². The van der Waals surface area contributed by atoms with Crippen LogP contribution in [0.1, 0.15) is 43.7 Å². The fraction of sp³-hybridized carbons (Fsp3) is 0.632. The van der Waals surface area contributed by atoms with E-state index in [-0.39, 0.29) is 0 Å². The number of hydrogen-bond donors (Lipinski definition) is 1. The molecule has 2 aliphatic rings. The lowest BCUT2D eigenvalue weighted by Gasteiger charge is -2.33. The Hall–Kier alpha value is -1.75. The van der Waals surface area contributed by atoms with Crippen molar-refractivity contribution >= 4 is 11.8 Å². The molecule has 1 amide bonds. The van der Waals surface area contributed by atoms with Crippen molar-refractivity contribution < 1.29 is 9.90 Å². The predicted molar refractivity (Wildman–Crippen MR) is 96.9 cm³/mol. The number of nitrogens with zero attached hydrogens (tertiary/aromatic N) is 3. The van der Waals surface area contributed by atoms with E-state index in [1.165, 1.54) is 47.6 Å². The van der Waals surface area contributed by atoms with Gasteiger partial charge in [-0.15, -0.1) is 0 Å². The molecule has 0 aliphatic carbocycles. The maximum Gasteiger partial charge on any atom is 0.407 e. The average Bonchev–Trinajstić information content (AvgIpc) is 3.10. The van der Waals surface area contributed by atoms with Gasteiger partial charge in [-0.2, -0.15) is 0 Å². The minimum absolute atomic E-state index is 0.503. The number of carbonyl (C=O) groups is 1. The first-order valence-corrected chi connectivity index (χ1v) is 9.12. The highest BCUT2D eigenvalue weighted by Gasteiger charge is 2.22. The second-order valence-corrected chi connectivity index (χ2v) is 7.28. The maximum absolute atomic E-state index is 11.0. The predicted octanol–water partition coefficient (Wildman–Crippen LogP) is 3.21. The zero-order valence-electron chi connectivity index (χ0n) is 14.9. The zero-order valence-corrected chi connectivity index (χ0v) is 14.9. The lowest BCUT2D eigenvalue weighted by atomic mass is 9.95. The van der Waals surface area contributed by atoms with Gasteiger partial charge in [0.2, 0.25) is 0 Å². The molecule has 5 heteroatoms. The molecule has 0 aromatic heterocycles. The van der Waals surface area contributed by atoms with Crippen molar-refractivity contribution in [1.82, 2.24) is 9.80 Å². The van der Waals surface area contributed by atoms with Gasteiger partial charge in [-0.3, -0.25) is 4.90 Å². The first-order chi connectivity index (χ1) is 11.5. The Labute approximate surface area is 144 Å². The maximum atomic E-state index is 11.0. The average molecular weight is 331 g/mol. The third-order valence-corrected chi connectivity index (χ3v) is 5.26. The van der Waals surface area contributed by atoms with Gasteiger partial charge in [0, 0.05) is 51.5 Å². The summed E-state index contributed by atoms with van der Waals surface area (Å²) in [5.74, 6) is 0.503. The van der Waals surface area contributed by atoms with E-state index >= 15 is 0 Å². The van der Waals surface area contributed by atoms with Gasteiger partial charge in [0.05, 0.1) is 0 Å². The summed E-state index contributed by atoms with van der Waals surface area (Å²) in [5.41, 5.74) is 4.17. The molecular formula is C19H29N3O2. The summed E-state index contributed by atoms with van der Waals surface area (Å²) in [5, 5.41) is 9.07. The topological polar surface area (TPSA) is 47.0 Å². The molecule has 3 rings (SSSR count). The molecule has 1 N–H and O–H groups in total. The van der Waals surface area contributed by atoms with Crippen molar-refractivity contribution in [2.45, 2.75) is 39.2 Å². The lowest BCUT2D eigenvalue weighted by Crippen LogP contribution is -2.47. The number of piperazine rings is 1. The highest BCUT2D eigenvalue weighted by molar-refractivity contribution is 5.65. The summed E-state index contributed by atoms with van der Waals surface area (Å²) < 4.78 is 0. The number of carboxylic acid groups (broad SMARTS) is 1. The van der Waals surface area contributed by atoms with Gasteiger partial charge >= 0.3 is 6.09 Å². The van der Waals surface area contributed by atoms with Crippen LogP contribution in [-0.4, -0.2) is 60.3 Å². The number of rotatable bonds is 4. The van der Waals surface area contributed by atoms with Crippen LogP contribution < -0.4 is 4.90 Å². The minimum Gasteiger partial charge on any atom is -0.465 e. The SMILES string of the molecule is CC(C)c1cc(N2CCCC2)ccc1CN1CCN(C(=O)O)CC1. The van der Waals surface area contributed by atoms with Crippen LogP contribution in [0.5, 0.6) is 0 Å². The molecule has 1 aromatic rings. The van der Waals surface area contributed by atoms with Crippen molar-refractivity contribution in [3.63, 3.8) is 0 Å². The molecule has 0 bridgehead atoms. The summed E-state index contributed by atoms with van der Waals surface area (Å²) in [4.78, 5) is 17.4. The number of amides is 1. The highest BCUT2D eigenvalue weighted by atomic mass is 16.4. The van der Waals surface area contributed by atoms with E-state index in [0.717, 1.165) is 19.6 Å². The highest BCUT2D eigenvalue weighted by Crippen LogP contribution is 2.28. The first-order valence-electron chi connectivity index (χ1n) is 9.12. The Morgan fingerprint density at radius 3 is 2.33 bits per heavy atom. The molecule has 2 aliphatic heterocycles. The monoisotopic (exact) mass is 331 g/mol. The Balaban J connectivity index is 1.69. The van der Waals surface area contributed by atoms with Crippen molar-refractivity contribution in [3.05, 3.63) is 29.3 Å². The van der Waals surface area contributed by atoms with Crippen LogP contribution in [-0.2, 0) is 6.54 Å². The Kier molecular flexibility index (Phi) is 5.29. The van der Waals surface area contributed by atoms with Gasteiger partial charge in [-0.05, 0) is 42.0 Å². The molecule has 0 unspecified atom stereocenters. The molecule has 0 spiro atoms. The fourth-order valence-corrected chi connectivity index (χ4v) is 3.77. The molecule has 0 radical (unpaired) electrons. The van der Waals surface area contributed by atoms with E-state index < -0.39 is 6.09 Å². The Bertz CT molecular complexity index is 574. The summed E-state index contributed by atoms with van der Waals surface area (Å²) in [6.45, 7) is 10.6. The molecule has 132 valence electrons. The van der Waals surface area contributed by atoms with Crippen LogP contribution in [0.4, 0.5) is 10.5 Å². The van der Waals surface area contributed by atoms with Crippen molar-refractivity contribution in [1.29, 1.82) is 0 Å². The molecule has 2 fully saturated rings. The Morgan fingerprint density at radius 2 is 1.75 bits per heavy atom. The molecule has 0 atom stereocenters. The van der Waals surface area contributed by atoms with Gasteiger partial charge in [-0.25, -0.2) is 4.79 Å². The van der Waals surface area contributed by atoms with E-state index in [4.69, 9.17) is 5.11 Å². The van der Waals surface area contributed by atoms with Gasteiger partial charge in [-0.1, -0.05) is 19.9 Å². The largest absolute Gasteiger partial charge is 0.465 e. The van der Waals surface area contributed by atoms with Crippen LogP contribution in [0.3, 0.4) is 0 Å². The van der Waals surface area contributed by atoms with Gasteiger partial charge in [0.15, 0.2) is 0 Å². The van der Waals surface area contributed by atoms with E-state index in [1.54, 1.807) is 0 Å². The van der Waals surface area contributed by atoms with Crippen LogP contribution in [0.15, 0.2) is 18.2 Å². The van der Waals surface area contributed by atoms with E-state index in [0.29, 0.717) is 19.0 Å². The second kappa shape index (κ2) is 7.43. The van der Waals surface area contributed by atoms with Crippen molar-refractivity contribution in [2.24, 2.45) is 0 Å². The molecule has 5 nitrogen and oxygen atoms in total. The first kappa shape index (κ1) is 17.1. The number of anilines is 1. The van der Waals surface area contributed by atoms with Crippen LogP contribution >= 0.6 is 0 Å². The third-order valence-electron chi connectivity index (χ3n) is 5.26. The molecular weight excluding hydrogens is 302 g/mol. The quantitative estimate of drug-likeness (QED) is 0.920. The smallest absolute Gasteiger partial charge is 0.407 e. The van der Waals surface area contributed by atoms with Gasteiger partial charge in [0.25, 0.3) is 0 Å². The molecule has 2 saturated heterocycles. The normalized spacial score (nSPS) is 19.3. The molecule has 24 heavy (non-hydrogen) atoms. The van der Waals surface area contributed by atoms with Crippen LogP contribution in [0, 0.1) is 0 Å². The fourth-order valence-electron chi connectivity index (χ4n) is 3.77. The van der Waals surface area contributed by atoms with E-state index in [1.807, 2.05) is 0 Å². The molecule has 0 saturated carbocycles. The van der Waals surface area contributed by atoms with Crippen molar-refractivity contribution in [3.8, 4) is 0 Å². The summed E-state index contributed by atoms with van der Waals surface area (Å²) in [7, 11) is 0. The van der Waals surface area contributed by atoms with Gasteiger partial charge < -0.3 is 14.9 Å². The zero-order chi connectivity index (χ0) is 17.1. The van der Waals surface area contributed by atoms with Crippen LogP contribution in [0.25, 0.3) is 0 Å². The van der Waals surface area contributed by atoms with E-state index in [2.05, 4.69) is 41.8 Å². The minimum atomic E-state index is -0.799. The number of benzene rings is 1. The Morgan fingerprint density at radius 1 is 1.08 bits per heavy atom. The van der Waals surface area contributed by atoms with Crippen molar-refractivity contribution in [2.75, 3.05) is 44.2 Å². The standard InChI is InChI=1S/C19H29N3O2/c1-15(2)18-13-17(21-7-3-4-8-21)6-5-16(18)14-20-9-11-22(12-10-20)19(23)24/h5-6,13,15H,3-4,7-12,14H2,1-2H3,(H,23,24). The third kappa shape index (κ3) is 3.83. The summed E-state index contributed by atoms with van der Waals surface area (Å²) in [6.07, 6.45) is 1.80. The summed E-state index contributed by atoms with van der Waals surface area (Å²) >= 11 is 0. The molecule has 1 aromatic carbocycles.